The van der Waals surface area contributed by atoms with Gasteiger partial charge in [-0.25, -0.2) is 0 Å². The van der Waals surface area contributed by atoms with Crippen LogP contribution < -0.4 is 5.32 Å². The van der Waals surface area contributed by atoms with Crippen molar-refractivity contribution in [3.8, 4) is 0 Å². The van der Waals surface area contributed by atoms with Crippen LogP contribution in [-0.4, -0.2) is 47.3 Å². The highest BCUT2D eigenvalue weighted by atomic mass is 16.3. The fourth-order valence-corrected chi connectivity index (χ4v) is 3.75. The fourth-order valence-electron chi connectivity index (χ4n) is 3.75. The molecule has 2 rings (SSSR count). The second-order valence-corrected chi connectivity index (χ2v) is 7.21. The number of hydrogen-bond acceptors (Lipinski definition) is 3. The van der Waals surface area contributed by atoms with Crippen LogP contribution in [0.15, 0.2) is 0 Å². The van der Waals surface area contributed by atoms with E-state index >= 15 is 0 Å². The molecule has 112 valence electrons. The molecule has 2 atom stereocenters. The van der Waals surface area contributed by atoms with E-state index in [0.717, 1.165) is 19.4 Å². The lowest BCUT2D eigenvalue weighted by Crippen LogP contribution is -2.50. The van der Waals surface area contributed by atoms with E-state index in [1.54, 1.807) is 0 Å². The first-order valence-corrected chi connectivity index (χ1v) is 8.18. The molecule has 1 aliphatic carbocycles. The van der Waals surface area contributed by atoms with Gasteiger partial charge in [0.1, 0.15) is 0 Å². The second kappa shape index (κ2) is 6.55. The summed E-state index contributed by atoms with van der Waals surface area (Å²) in [6.07, 6.45) is 6.88. The summed E-state index contributed by atoms with van der Waals surface area (Å²) in [6.45, 7) is 10.0. The van der Waals surface area contributed by atoms with E-state index in [1.165, 1.54) is 38.8 Å². The SMILES string of the molecule is CC1CCCC(O)(CNC2CCN(C(C)C)CC2)C1. The Bertz CT molecular complexity index is 274. The number of hydrogen-bond donors (Lipinski definition) is 2. The summed E-state index contributed by atoms with van der Waals surface area (Å²) < 4.78 is 0. The van der Waals surface area contributed by atoms with E-state index < -0.39 is 5.60 Å². The van der Waals surface area contributed by atoms with Crippen LogP contribution in [0, 0.1) is 5.92 Å². The summed E-state index contributed by atoms with van der Waals surface area (Å²) in [5.41, 5.74) is -0.438. The van der Waals surface area contributed by atoms with Crippen LogP contribution >= 0.6 is 0 Å². The van der Waals surface area contributed by atoms with Gasteiger partial charge in [-0.15, -0.1) is 0 Å². The van der Waals surface area contributed by atoms with Gasteiger partial charge in [0.15, 0.2) is 0 Å². The van der Waals surface area contributed by atoms with Gasteiger partial charge in [0, 0.05) is 18.6 Å². The number of likely N-dealkylation sites (tertiary alicyclic amines) is 1. The zero-order chi connectivity index (χ0) is 13.9. The lowest BCUT2D eigenvalue weighted by molar-refractivity contribution is -0.0155. The molecule has 0 bridgehead atoms. The Labute approximate surface area is 118 Å². The van der Waals surface area contributed by atoms with E-state index in [9.17, 15) is 5.11 Å². The molecule has 0 aromatic heterocycles. The molecule has 1 aliphatic heterocycles. The van der Waals surface area contributed by atoms with Gasteiger partial charge in [-0.1, -0.05) is 19.8 Å². The van der Waals surface area contributed by atoms with E-state index in [-0.39, 0.29) is 0 Å². The maximum Gasteiger partial charge on any atom is 0.0774 e. The number of rotatable bonds is 4. The number of nitrogens with one attached hydrogen (secondary N) is 1. The van der Waals surface area contributed by atoms with Gasteiger partial charge in [-0.3, -0.25) is 0 Å². The van der Waals surface area contributed by atoms with Crippen molar-refractivity contribution >= 4 is 0 Å². The van der Waals surface area contributed by atoms with Gasteiger partial charge in [-0.2, -0.15) is 0 Å². The Kier molecular flexibility index (Phi) is 5.27. The molecule has 0 radical (unpaired) electrons. The van der Waals surface area contributed by atoms with Crippen LogP contribution in [0.4, 0.5) is 0 Å². The zero-order valence-electron chi connectivity index (χ0n) is 13.0. The molecular formula is C16H32N2O. The van der Waals surface area contributed by atoms with Crippen molar-refractivity contribution in [2.24, 2.45) is 5.92 Å². The molecule has 0 aromatic carbocycles. The minimum Gasteiger partial charge on any atom is -0.389 e. The van der Waals surface area contributed by atoms with E-state index in [0.29, 0.717) is 18.0 Å². The van der Waals surface area contributed by atoms with Gasteiger partial charge >= 0.3 is 0 Å². The van der Waals surface area contributed by atoms with Crippen LogP contribution in [0.2, 0.25) is 0 Å². The molecule has 3 heteroatoms. The molecule has 0 spiro atoms. The Morgan fingerprint density at radius 1 is 1.26 bits per heavy atom. The Morgan fingerprint density at radius 2 is 1.95 bits per heavy atom. The van der Waals surface area contributed by atoms with Crippen molar-refractivity contribution in [3.63, 3.8) is 0 Å². The molecule has 1 heterocycles. The van der Waals surface area contributed by atoms with Crippen LogP contribution in [0.25, 0.3) is 0 Å². The monoisotopic (exact) mass is 268 g/mol. The summed E-state index contributed by atoms with van der Waals surface area (Å²) in [5, 5.41) is 14.3. The topological polar surface area (TPSA) is 35.5 Å². The quantitative estimate of drug-likeness (QED) is 0.822. The fraction of sp³-hybridized carbons (Fsp3) is 1.00. The van der Waals surface area contributed by atoms with Crippen LogP contribution in [0.1, 0.15) is 59.3 Å². The maximum atomic E-state index is 10.6. The highest BCUT2D eigenvalue weighted by molar-refractivity contribution is 4.89. The molecule has 1 saturated heterocycles. The number of aliphatic hydroxyl groups is 1. The summed E-state index contributed by atoms with van der Waals surface area (Å²) >= 11 is 0. The molecule has 1 saturated carbocycles. The second-order valence-electron chi connectivity index (χ2n) is 7.21. The normalized spacial score (nSPS) is 34.9. The summed E-state index contributed by atoms with van der Waals surface area (Å²) in [5.74, 6) is 0.684. The van der Waals surface area contributed by atoms with Gasteiger partial charge < -0.3 is 15.3 Å². The van der Waals surface area contributed by atoms with Crippen molar-refractivity contribution in [1.29, 1.82) is 0 Å². The maximum absolute atomic E-state index is 10.6. The zero-order valence-corrected chi connectivity index (χ0v) is 13.0. The molecule has 2 unspecified atom stereocenters. The minimum absolute atomic E-state index is 0.438. The van der Waals surface area contributed by atoms with Gasteiger partial charge in [0.25, 0.3) is 0 Å². The highest BCUT2D eigenvalue weighted by Gasteiger charge is 2.33. The average molecular weight is 268 g/mol. The van der Waals surface area contributed by atoms with E-state index in [2.05, 4.69) is 31.0 Å². The van der Waals surface area contributed by atoms with E-state index in [4.69, 9.17) is 0 Å². The van der Waals surface area contributed by atoms with Crippen molar-refractivity contribution in [2.45, 2.75) is 77.0 Å². The molecule has 2 N–H and O–H groups in total. The van der Waals surface area contributed by atoms with Crippen LogP contribution in [0.5, 0.6) is 0 Å². The first kappa shape index (κ1) is 15.3. The largest absolute Gasteiger partial charge is 0.389 e. The van der Waals surface area contributed by atoms with Crippen LogP contribution in [-0.2, 0) is 0 Å². The first-order valence-electron chi connectivity index (χ1n) is 8.18. The molecule has 3 nitrogen and oxygen atoms in total. The minimum atomic E-state index is -0.438. The number of nitrogens with zero attached hydrogens (tertiary/aromatic N) is 1. The first-order chi connectivity index (χ1) is 8.98. The predicted molar refractivity (Wildman–Crippen MR) is 80.3 cm³/mol. The van der Waals surface area contributed by atoms with Crippen LogP contribution in [0.3, 0.4) is 0 Å². The Hall–Kier alpha value is -0.120. The Balaban J connectivity index is 1.71. The Morgan fingerprint density at radius 3 is 2.53 bits per heavy atom. The summed E-state index contributed by atoms with van der Waals surface area (Å²) in [7, 11) is 0. The van der Waals surface area contributed by atoms with Crippen molar-refractivity contribution in [1.82, 2.24) is 10.2 Å². The van der Waals surface area contributed by atoms with Crippen molar-refractivity contribution in [3.05, 3.63) is 0 Å². The standard InChI is InChI=1S/C16H32N2O/c1-13(2)18-9-6-15(7-10-18)17-12-16(19)8-4-5-14(3)11-16/h13-15,17,19H,4-12H2,1-3H3. The van der Waals surface area contributed by atoms with Crippen molar-refractivity contribution in [2.75, 3.05) is 19.6 Å². The predicted octanol–water partition coefficient (Wildman–Crippen LogP) is 2.39. The third-order valence-corrected chi connectivity index (χ3v) is 5.05. The van der Waals surface area contributed by atoms with Gasteiger partial charge in [-0.05, 0) is 58.5 Å². The third-order valence-electron chi connectivity index (χ3n) is 5.05. The van der Waals surface area contributed by atoms with Crippen molar-refractivity contribution < 1.29 is 5.11 Å². The molecule has 19 heavy (non-hydrogen) atoms. The average Bonchev–Trinajstić information content (AvgIpc) is 2.37. The molecular weight excluding hydrogens is 236 g/mol. The van der Waals surface area contributed by atoms with Gasteiger partial charge in [0.2, 0.25) is 0 Å². The smallest absolute Gasteiger partial charge is 0.0774 e. The molecule has 0 amide bonds. The van der Waals surface area contributed by atoms with Gasteiger partial charge in [0.05, 0.1) is 5.60 Å². The summed E-state index contributed by atoms with van der Waals surface area (Å²) in [6, 6.07) is 1.28. The summed E-state index contributed by atoms with van der Waals surface area (Å²) in [4.78, 5) is 2.55. The van der Waals surface area contributed by atoms with E-state index in [1.807, 2.05) is 0 Å². The molecule has 2 fully saturated rings. The number of piperidine rings is 1. The third kappa shape index (κ3) is 4.44. The molecule has 2 aliphatic rings. The molecule has 0 aromatic rings. The highest BCUT2D eigenvalue weighted by Crippen LogP contribution is 2.31. The lowest BCUT2D eigenvalue weighted by atomic mass is 9.79. The lowest BCUT2D eigenvalue weighted by Gasteiger charge is -2.39.